The van der Waals surface area contributed by atoms with Crippen LogP contribution in [0.25, 0.3) is 0 Å². The number of aromatic nitrogens is 2. The largest absolute Gasteiger partial charge is 0.487 e. The summed E-state index contributed by atoms with van der Waals surface area (Å²) in [5, 5.41) is 0. The summed E-state index contributed by atoms with van der Waals surface area (Å²) in [6.45, 7) is 1.10. The van der Waals surface area contributed by atoms with Gasteiger partial charge in [-0.2, -0.15) is 0 Å². The molecule has 0 aliphatic carbocycles. The highest BCUT2D eigenvalue weighted by Crippen LogP contribution is 2.33. The molecule has 0 radical (unpaired) electrons. The smallest absolute Gasteiger partial charge is 0.284 e. The molecule has 1 amide bonds. The van der Waals surface area contributed by atoms with Crippen LogP contribution in [0.3, 0.4) is 0 Å². The molecule has 0 unspecified atom stereocenters. The SMILES string of the molecule is COc1cc(C2OCCO2)c(OCc2cccnc2C(=O)NN)cn1. The molecule has 25 heavy (non-hydrogen) atoms. The minimum absolute atomic E-state index is 0.102. The molecule has 0 aromatic carbocycles. The van der Waals surface area contributed by atoms with E-state index in [9.17, 15) is 4.79 Å². The lowest BCUT2D eigenvalue weighted by molar-refractivity contribution is -0.0461. The van der Waals surface area contributed by atoms with Gasteiger partial charge in [0.05, 0.1) is 32.1 Å². The number of ether oxygens (including phenoxy) is 4. The normalized spacial score (nSPS) is 14.3. The Morgan fingerprint density at radius 3 is 2.92 bits per heavy atom. The molecule has 3 N–H and O–H groups in total. The number of carbonyl (C=O) groups excluding carboxylic acids is 1. The van der Waals surface area contributed by atoms with Crippen LogP contribution < -0.4 is 20.7 Å². The van der Waals surface area contributed by atoms with Gasteiger partial charge < -0.3 is 18.9 Å². The number of carbonyl (C=O) groups is 1. The number of hydrazine groups is 1. The van der Waals surface area contributed by atoms with Crippen LogP contribution in [-0.4, -0.2) is 36.2 Å². The standard InChI is InChI=1S/C16H18N4O5/c1-22-13-7-11(16-23-5-6-24-16)12(8-19-13)25-9-10-3-2-4-18-14(10)15(21)20-17/h2-4,7-8,16H,5-6,9,17H2,1H3,(H,20,21). The Balaban J connectivity index is 1.83. The maximum Gasteiger partial charge on any atom is 0.284 e. The average molecular weight is 346 g/mol. The van der Waals surface area contributed by atoms with Crippen molar-refractivity contribution in [3.05, 3.63) is 47.4 Å². The van der Waals surface area contributed by atoms with Crippen molar-refractivity contribution in [1.82, 2.24) is 15.4 Å². The van der Waals surface area contributed by atoms with Gasteiger partial charge in [-0.05, 0) is 6.07 Å². The number of hydrogen-bond acceptors (Lipinski definition) is 8. The molecule has 2 aromatic rings. The number of nitrogens with zero attached hydrogens (tertiary/aromatic N) is 2. The van der Waals surface area contributed by atoms with E-state index in [0.717, 1.165) is 0 Å². The lowest BCUT2D eigenvalue weighted by Gasteiger charge is -2.16. The van der Waals surface area contributed by atoms with E-state index >= 15 is 0 Å². The molecule has 0 spiro atoms. The Morgan fingerprint density at radius 1 is 1.40 bits per heavy atom. The molecule has 2 aromatic heterocycles. The number of amides is 1. The van der Waals surface area contributed by atoms with Crippen molar-refractivity contribution in [2.75, 3.05) is 20.3 Å². The van der Waals surface area contributed by atoms with Crippen molar-refractivity contribution in [1.29, 1.82) is 0 Å². The fourth-order valence-electron chi connectivity index (χ4n) is 2.38. The fraction of sp³-hybridized carbons (Fsp3) is 0.312. The quantitative estimate of drug-likeness (QED) is 0.446. The first-order valence-corrected chi connectivity index (χ1v) is 7.57. The van der Waals surface area contributed by atoms with Crippen molar-refractivity contribution >= 4 is 5.91 Å². The summed E-state index contributed by atoms with van der Waals surface area (Å²) in [6, 6.07) is 5.14. The van der Waals surface area contributed by atoms with Gasteiger partial charge in [0.1, 0.15) is 18.1 Å². The molecule has 9 heteroatoms. The maximum atomic E-state index is 11.8. The van der Waals surface area contributed by atoms with E-state index in [0.29, 0.717) is 36.0 Å². The first kappa shape index (κ1) is 17.1. The molecule has 1 aliphatic heterocycles. The molecular formula is C16H18N4O5. The molecule has 9 nitrogen and oxygen atoms in total. The Labute approximate surface area is 144 Å². The predicted molar refractivity (Wildman–Crippen MR) is 85.7 cm³/mol. The van der Waals surface area contributed by atoms with Crippen molar-refractivity contribution in [2.24, 2.45) is 5.84 Å². The molecule has 1 aliphatic rings. The van der Waals surface area contributed by atoms with Crippen LogP contribution in [0.4, 0.5) is 0 Å². The average Bonchev–Trinajstić information content (AvgIpc) is 3.20. The molecule has 0 saturated carbocycles. The zero-order valence-electron chi connectivity index (χ0n) is 13.6. The monoisotopic (exact) mass is 346 g/mol. The maximum absolute atomic E-state index is 11.8. The Morgan fingerprint density at radius 2 is 2.20 bits per heavy atom. The first-order chi connectivity index (χ1) is 12.2. The van der Waals surface area contributed by atoms with Crippen molar-refractivity contribution in [2.45, 2.75) is 12.9 Å². The molecule has 3 heterocycles. The molecule has 132 valence electrons. The zero-order valence-corrected chi connectivity index (χ0v) is 13.6. The number of nitrogens with two attached hydrogens (primary N) is 1. The lowest BCUT2D eigenvalue weighted by Crippen LogP contribution is -2.31. The van der Waals surface area contributed by atoms with Crippen LogP contribution in [-0.2, 0) is 16.1 Å². The number of nitrogens with one attached hydrogen (secondary N) is 1. The topological polar surface area (TPSA) is 118 Å². The van der Waals surface area contributed by atoms with Crippen molar-refractivity contribution < 1.29 is 23.7 Å². The minimum atomic E-state index is -0.549. The zero-order chi connectivity index (χ0) is 17.6. The van der Waals surface area contributed by atoms with Gasteiger partial charge in [0.15, 0.2) is 6.29 Å². The lowest BCUT2D eigenvalue weighted by atomic mass is 10.2. The third kappa shape index (κ3) is 3.85. The Bertz CT molecular complexity index is 749. The summed E-state index contributed by atoms with van der Waals surface area (Å²) in [5.41, 5.74) is 3.51. The van der Waals surface area contributed by atoms with Crippen LogP contribution in [0, 0.1) is 0 Å². The van der Waals surface area contributed by atoms with E-state index in [-0.39, 0.29) is 12.3 Å². The second kappa shape index (κ2) is 7.88. The van der Waals surface area contributed by atoms with Crippen LogP contribution in [0.15, 0.2) is 30.6 Å². The van der Waals surface area contributed by atoms with Crippen molar-refractivity contribution in [3.8, 4) is 11.6 Å². The molecule has 1 fully saturated rings. The summed E-state index contributed by atoms with van der Waals surface area (Å²) >= 11 is 0. The van der Waals surface area contributed by atoms with Gasteiger partial charge in [-0.25, -0.2) is 10.8 Å². The number of rotatable bonds is 6. The number of nitrogen functional groups attached to an aromatic ring is 1. The van der Waals surface area contributed by atoms with Gasteiger partial charge in [0.25, 0.3) is 5.91 Å². The van der Waals surface area contributed by atoms with E-state index in [4.69, 9.17) is 24.8 Å². The van der Waals surface area contributed by atoms with E-state index in [1.165, 1.54) is 19.5 Å². The highest BCUT2D eigenvalue weighted by molar-refractivity contribution is 5.93. The summed E-state index contributed by atoms with van der Waals surface area (Å²) in [4.78, 5) is 20.0. The van der Waals surface area contributed by atoms with Gasteiger partial charge in [0.2, 0.25) is 5.88 Å². The predicted octanol–water partition coefficient (Wildman–Crippen LogP) is 0.713. The summed E-state index contributed by atoms with van der Waals surface area (Å²) < 4.78 is 22.0. The molecule has 3 rings (SSSR count). The second-order valence-corrected chi connectivity index (χ2v) is 5.11. The molecule has 0 bridgehead atoms. The van der Waals surface area contributed by atoms with Crippen molar-refractivity contribution in [3.63, 3.8) is 0 Å². The third-order valence-corrected chi connectivity index (χ3v) is 3.58. The summed E-state index contributed by atoms with van der Waals surface area (Å²) in [7, 11) is 1.52. The van der Waals surface area contributed by atoms with Gasteiger partial charge in [0, 0.05) is 17.8 Å². The number of pyridine rings is 2. The van der Waals surface area contributed by atoms with Crippen LogP contribution in [0.5, 0.6) is 11.6 Å². The highest BCUT2D eigenvalue weighted by atomic mass is 16.7. The fourth-order valence-corrected chi connectivity index (χ4v) is 2.38. The van der Waals surface area contributed by atoms with Gasteiger partial charge in [-0.15, -0.1) is 0 Å². The second-order valence-electron chi connectivity index (χ2n) is 5.11. The summed E-state index contributed by atoms with van der Waals surface area (Å²) in [5.74, 6) is 5.58. The molecule has 1 saturated heterocycles. The van der Waals surface area contributed by atoms with Crippen LogP contribution >= 0.6 is 0 Å². The third-order valence-electron chi connectivity index (χ3n) is 3.58. The van der Waals surface area contributed by atoms with Crippen LogP contribution in [0.1, 0.15) is 27.9 Å². The Hall–Kier alpha value is -2.75. The van der Waals surface area contributed by atoms with E-state index in [1.807, 2.05) is 0 Å². The van der Waals surface area contributed by atoms with Gasteiger partial charge in [-0.3, -0.25) is 15.2 Å². The number of hydrogen-bond donors (Lipinski definition) is 2. The molecule has 0 atom stereocenters. The van der Waals surface area contributed by atoms with Gasteiger partial charge >= 0.3 is 0 Å². The van der Waals surface area contributed by atoms with Gasteiger partial charge in [-0.1, -0.05) is 6.07 Å². The summed E-state index contributed by atoms with van der Waals surface area (Å²) in [6.07, 6.45) is 2.49. The van der Waals surface area contributed by atoms with Crippen LogP contribution in [0.2, 0.25) is 0 Å². The Kier molecular flexibility index (Phi) is 5.39. The minimum Gasteiger partial charge on any atom is -0.487 e. The van der Waals surface area contributed by atoms with E-state index < -0.39 is 12.2 Å². The van der Waals surface area contributed by atoms with E-state index in [1.54, 1.807) is 18.2 Å². The van der Waals surface area contributed by atoms with E-state index in [2.05, 4.69) is 15.4 Å². The first-order valence-electron chi connectivity index (χ1n) is 7.57. The highest BCUT2D eigenvalue weighted by Gasteiger charge is 2.24. The molecular weight excluding hydrogens is 328 g/mol. The number of methoxy groups -OCH3 is 1.